The van der Waals surface area contributed by atoms with Gasteiger partial charge in [0.15, 0.2) is 0 Å². The quantitative estimate of drug-likeness (QED) is 0.701. The van der Waals surface area contributed by atoms with Crippen molar-refractivity contribution in [2.45, 2.75) is 53.4 Å². The number of nitrogens with zero attached hydrogens (tertiary/aromatic N) is 1. The topological polar surface area (TPSA) is 23.8 Å². The lowest BCUT2D eigenvalue weighted by Gasteiger charge is -2.13. The highest BCUT2D eigenvalue weighted by Gasteiger charge is 2.46. The van der Waals surface area contributed by atoms with Gasteiger partial charge in [0.25, 0.3) is 0 Å². The van der Waals surface area contributed by atoms with Crippen LogP contribution in [0, 0.1) is 34.0 Å². The van der Waals surface area contributed by atoms with E-state index in [-0.39, 0.29) is 17.5 Å². The van der Waals surface area contributed by atoms with E-state index in [1.165, 1.54) is 0 Å². The zero-order valence-corrected chi connectivity index (χ0v) is 11.0. The molecule has 0 saturated heterocycles. The number of hydrogen-bond acceptors (Lipinski definition) is 1. The Hall–Kier alpha value is -0.580. The molecule has 0 unspecified atom stereocenters. The summed E-state index contributed by atoms with van der Waals surface area (Å²) in [4.78, 5) is 0. The maximum absolute atomic E-state index is 12.1. The molecule has 0 aromatic rings. The van der Waals surface area contributed by atoms with Crippen molar-refractivity contribution in [2.75, 3.05) is 6.67 Å². The van der Waals surface area contributed by atoms with Crippen molar-refractivity contribution in [3.8, 4) is 6.07 Å². The molecular formula is C14H24FN. The maximum Gasteiger partial charge on any atom is 0.0953 e. The second kappa shape index (κ2) is 4.73. The maximum atomic E-state index is 12.1. The van der Waals surface area contributed by atoms with Crippen LogP contribution in [0.1, 0.15) is 53.4 Å². The number of hydrogen-bond donors (Lipinski definition) is 0. The summed E-state index contributed by atoms with van der Waals surface area (Å²) in [5.74, 6) is 1.11. The first-order chi connectivity index (χ1) is 7.42. The minimum absolute atomic E-state index is 0.0972. The minimum Gasteiger partial charge on any atom is -0.250 e. The third-order valence-corrected chi connectivity index (χ3v) is 4.50. The Morgan fingerprint density at radius 3 is 1.56 bits per heavy atom. The minimum atomic E-state index is -0.106. The van der Waals surface area contributed by atoms with Crippen LogP contribution in [-0.2, 0) is 0 Å². The lowest BCUT2D eigenvalue weighted by Crippen LogP contribution is -2.10. The lowest BCUT2D eigenvalue weighted by atomic mass is 9.94. The van der Waals surface area contributed by atoms with Crippen LogP contribution in [0.25, 0.3) is 0 Å². The molecule has 0 atom stereocenters. The highest BCUT2D eigenvalue weighted by atomic mass is 19.1. The smallest absolute Gasteiger partial charge is 0.0953 e. The number of halogens is 1. The van der Waals surface area contributed by atoms with Gasteiger partial charge in [0.1, 0.15) is 0 Å². The zero-order chi connectivity index (χ0) is 12.4. The molecule has 0 bridgehead atoms. The molecule has 2 heteroatoms. The monoisotopic (exact) mass is 225 g/mol. The summed E-state index contributed by atoms with van der Waals surface area (Å²) >= 11 is 0. The van der Waals surface area contributed by atoms with Crippen LogP contribution < -0.4 is 0 Å². The molecule has 2 fully saturated rings. The van der Waals surface area contributed by atoms with Crippen LogP contribution in [-0.4, -0.2) is 6.67 Å². The molecule has 1 nitrogen and oxygen atoms in total. The van der Waals surface area contributed by atoms with Gasteiger partial charge in [-0.15, -0.1) is 0 Å². The van der Waals surface area contributed by atoms with Gasteiger partial charge in [0.2, 0.25) is 0 Å². The summed E-state index contributed by atoms with van der Waals surface area (Å²) < 4.78 is 12.1. The van der Waals surface area contributed by atoms with Crippen molar-refractivity contribution in [3.63, 3.8) is 0 Å². The fourth-order valence-electron chi connectivity index (χ4n) is 1.98. The van der Waals surface area contributed by atoms with E-state index < -0.39 is 0 Å². The van der Waals surface area contributed by atoms with E-state index >= 15 is 0 Å². The van der Waals surface area contributed by atoms with E-state index in [0.717, 1.165) is 25.7 Å². The molecular weight excluding hydrogens is 201 g/mol. The largest absolute Gasteiger partial charge is 0.250 e. The van der Waals surface area contributed by atoms with Gasteiger partial charge in [0.05, 0.1) is 18.2 Å². The summed E-state index contributed by atoms with van der Waals surface area (Å²) in [7, 11) is 0. The van der Waals surface area contributed by atoms with Crippen molar-refractivity contribution < 1.29 is 4.39 Å². The molecule has 2 saturated carbocycles. The van der Waals surface area contributed by atoms with Gasteiger partial charge in [-0.3, -0.25) is 4.39 Å². The summed E-state index contributed by atoms with van der Waals surface area (Å²) in [6, 6.07) is 2.35. The Morgan fingerprint density at radius 1 is 1.06 bits per heavy atom. The molecule has 0 heterocycles. The van der Waals surface area contributed by atoms with Gasteiger partial charge in [-0.1, -0.05) is 27.7 Å². The van der Waals surface area contributed by atoms with Crippen molar-refractivity contribution in [1.29, 1.82) is 5.26 Å². The molecule has 0 aliphatic heterocycles. The summed E-state index contributed by atoms with van der Waals surface area (Å²) in [6.45, 7) is 8.34. The average Bonchev–Trinajstić information content (AvgIpc) is 3.14. The Morgan fingerprint density at radius 2 is 1.56 bits per heavy atom. The fraction of sp³-hybridized carbons (Fsp3) is 0.929. The number of alkyl halides is 1. The standard InChI is InChI=1S/C7H13F.C7H11N/c2*1-6(2)7(5-8)3-4-7/h6H,3-5H2,1-2H3;6H,3-4H2,1-2H3. The van der Waals surface area contributed by atoms with Crippen LogP contribution in [0.4, 0.5) is 4.39 Å². The normalized spacial score (nSPS) is 23.4. The first-order valence-corrected chi connectivity index (χ1v) is 6.40. The summed E-state index contributed by atoms with van der Waals surface area (Å²) in [6.07, 6.45) is 4.48. The van der Waals surface area contributed by atoms with E-state index in [1.54, 1.807) is 0 Å². The lowest BCUT2D eigenvalue weighted by molar-refractivity contribution is 0.265. The SMILES string of the molecule is CC(C)C1(C#N)CC1.CC(C)C1(CF)CC1. The second-order valence-electron chi connectivity index (χ2n) is 6.07. The Balaban J connectivity index is 0.000000160. The Bertz CT molecular complexity index is 267. The molecule has 0 amide bonds. The van der Waals surface area contributed by atoms with Gasteiger partial charge in [0, 0.05) is 5.41 Å². The third kappa shape index (κ3) is 2.75. The van der Waals surface area contributed by atoms with Gasteiger partial charge in [-0.25, -0.2) is 0 Å². The third-order valence-electron chi connectivity index (χ3n) is 4.50. The van der Waals surface area contributed by atoms with Crippen molar-refractivity contribution in [2.24, 2.45) is 22.7 Å². The highest BCUT2D eigenvalue weighted by molar-refractivity contribution is 5.11. The van der Waals surface area contributed by atoms with E-state index in [4.69, 9.17) is 5.26 Å². The molecule has 2 aliphatic carbocycles. The van der Waals surface area contributed by atoms with E-state index in [2.05, 4.69) is 33.8 Å². The van der Waals surface area contributed by atoms with Gasteiger partial charge >= 0.3 is 0 Å². The van der Waals surface area contributed by atoms with Crippen LogP contribution in [0.15, 0.2) is 0 Å². The van der Waals surface area contributed by atoms with E-state index in [1.807, 2.05) is 0 Å². The van der Waals surface area contributed by atoms with Crippen LogP contribution in [0.2, 0.25) is 0 Å². The number of rotatable bonds is 3. The molecule has 0 aromatic carbocycles. The first kappa shape index (κ1) is 13.5. The molecule has 0 radical (unpaired) electrons. The van der Waals surface area contributed by atoms with E-state index in [0.29, 0.717) is 11.8 Å². The molecule has 2 rings (SSSR count). The summed E-state index contributed by atoms with van der Waals surface area (Å²) in [5.41, 5.74) is 0.222. The predicted molar refractivity (Wildman–Crippen MR) is 64.6 cm³/mol. The Kier molecular flexibility index (Phi) is 3.99. The van der Waals surface area contributed by atoms with Crippen LogP contribution >= 0.6 is 0 Å². The predicted octanol–water partition coefficient (Wildman–Crippen LogP) is 4.34. The molecule has 2 aliphatic rings. The molecule has 0 N–H and O–H groups in total. The molecule has 0 aromatic heterocycles. The van der Waals surface area contributed by atoms with Crippen LogP contribution in [0.5, 0.6) is 0 Å². The molecule has 0 spiro atoms. The highest BCUT2D eigenvalue weighted by Crippen LogP contribution is 2.52. The molecule has 16 heavy (non-hydrogen) atoms. The van der Waals surface area contributed by atoms with Crippen molar-refractivity contribution in [3.05, 3.63) is 0 Å². The van der Waals surface area contributed by atoms with Crippen molar-refractivity contribution >= 4 is 0 Å². The van der Waals surface area contributed by atoms with Crippen molar-refractivity contribution in [1.82, 2.24) is 0 Å². The summed E-state index contributed by atoms with van der Waals surface area (Å²) in [5, 5.41) is 8.58. The second-order valence-corrected chi connectivity index (χ2v) is 6.07. The van der Waals surface area contributed by atoms with Gasteiger partial charge in [-0.05, 0) is 37.5 Å². The zero-order valence-electron chi connectivity index (χ0n) is 11.0. The fourth-order valence-corrected chi connectivity index (χ4v) is 1.98. The molecule has 92 valence electrons. The van der Waals surface area contributed by atoms with E-state index in [9.17, 15) is 4.39 Å². The van der Waals surface area contributed by atoms with Gasteiger partial charge in [-0.2, -0.15) is 5.26 Å². The van der Waals surface area contributed by atoms with Gasteiger partial charge < -0.3 is 0 Å². The first-order valence-electron chi connectivity index (χ1n) is 6.40. The Labute approximate surface area is 99.0 Å². The number of nitriles is 1. The van der Waals surface area contributed by atoms with Crippen LogP contribution in [0.3, 0.4) is 0 Å². The average molecular weight is 225 g/mol.